The summed E-state index contributed by atoms with van der Waals surface area (Å²) in [5.74, 6) is 0.951. The second-order valence-electron chi connectivity index (χ2n) is 2.42. The molecule has 3 heteroatoms. The Kier molecular flexibility index (Phi) is 4.39. The van der Waals surface area contributed by atoms with Crippen LogP contribution in [0, 0.1) is 3.57 Å². The molecular formula is C9H12INO. The van der Waals surface area contributed by atoms with Crippen LogP contribution in [0.4, 0.5) is 0 Å². The molecule has 0 saturated heterocycles. The van der Waals surface area contributed by atoms with Gasteiger partial charge in [-0.1, -0.05) is 12.1 Å². The zero-order chi connectivity index (χ0) is 8.81. The van der Waals surface area contributed by atoms with Crippen LogP contribution in [0.25, 0.3) is 0 Å². The Labute approximate surface area is 86.2 Å². The maximum Gasteiger partial charge on any atom is 0.132 e. The van der Waals surface area contributed by atoms with Crippen molar-refractivity contribution < 1.29 is 4.74 Å². The molecule has 0 aliphatic carbocycles. The predicted octanol–water partition coefficient (Wildman–Crippen LogP) is 2.02. The molecule has 2 N–H and O–H groups in total. The van der Waals surface area contributed by atoms with Gasteiger partial charge in [0.15, 0.2) is 0 Å². The maximum atomic E-state index is 5.49. The van der Waals surface area contributed by atoms with Crippen molar-refractivity contribution in [3.8, 4) is 5.75 Å². The summed E-state index contributed by atoms with van der Waals surface area (Å²) in [4.78, 5) is 0. The van der Waals surface area contributed by atoms with Crippen LogP contribution in [-0.4, -0.2) is 13.2 Å². The molecular weight excluding hydrogens is 265 g/mol. The zero-order valence-electron chi connectivity index (χ0n) is 6.79. The van der Waals surface area contributed by atoms with E-state index in [1.54, 1.807) is 0 Å². The minimum Gasteiger partial charge on any atom is -0.492 e. The van der Waals surface area contributed by atoms with Gasteiger partial charge in [-0.3, -0.25) is 0 Å². The molecule has 0 aliphatic rings. The molecule has 0 radical (unpaired) electrons. The van der Waals surface area contributed by atoms with Gasteiger partial charge in [0.2, 0.25) is 0 Å². The molecule has 0 amide bonds. The normalized spacial score (nSPS) is 9.83. The fraction of sp³-hybridized carbons (Fsp3) is 0.333. The molecule has 0 unspecified atom stereocenters. The third-order valence-corrected chi connectivity index (χ3v) is 2.33. The molecule has 0 heterocycles. The van der Waals surface area contributed by atoms with Crippen molar-refractivity contribution in [2.75, 3.05) is 13.2 Å². The van der Waals surface area contributed by atoms with Crippen molar-refractivity contribution in [3.63, 3.8) is 0 Å². The van der Waals surface area contributed by atoms with Gasteiger partial charge in [-0.05, 0) is 47.7 Å². The summed E-state index contributed by atoms with van der Waals surface area (Å²) in [6, 6.07) is 7.97. The lowest BCUT2D eigenvalue weighted by molar-refractivity contribution is 0.311. The first kappa shape index (κ1) is 9.80. The summed E-state index contributed by atoms with van der Waals surface area (Å²) in [5.41, 5.74) is 5.35. The number of ether oxygens (including phenoxy) is 1. The largest absolute Gasteiger partial charge is 0.492 e. The fourth-order valence-corrected chi connectivity index (χ4v) is 1.37. The monoisotopic (exact) mass is 277 g/mol. The highest BCUT2D eigenvalue weighted by Crippen LogP contribution is 2.19. The Hall–Kier alpha value is -0.290. The van der Waals surface area contributed by atoms with Gasteiger partial charge in [0, 0.05) is 0 Å². The third kappa shape index (κ3) is 2.98. The number of hydrogen-bond donors (Lipinski definition) is 1. The van der Waals surface area contributed by atoms with Crippen LogP contribution < -0.4 is 10.5 Å². The molecule has 12 heavy (non-hydrogen) atoms. The average Bonchev–Trinajstić information content (AvgIpc) is 2.09. The van der Waals surface area contributed by atoms with Crippen molar-refractivity contribution in [3.05, 3.63) is 27.8 Å². The summed E-state index contributed by atoms with van der Waals surface area (Å²) >= 11 is 2.26. The van der Waals surface area contributed by atoms with E-state index in [1.807, 2.05) is 24.3 Å². The smallest absolute Gasteiger partial charge is 0.132 e. The maximum absolute atomic E-state index is 5.49. The van der Waals surface area contributed by atoms with Gasteiger partial charge in [-0.15, -0.1) is 0 Å². The number of para-hydroxylation sites is 1. The summed E-state index contributed by atoms with van der Waals surface area (Å²) in [6.45, 7) is 1.39. The molecule has 2 nitrogen and oxygen atoms in total. The highest BCUT2D eigenvalue weighted by molar-refractivity contribution is 14.1. The lowest BCUT2D eigenvalue weighted by Crippen LogP contribution is -2.06. The van der Waals surface area contributed by atoms with Crippen molar-refractivity contribution in [1.82, 2.24) is 0 Å². The predicted molar refractivity (Wildman–Crippen MR) is 58.3 cm³/mol. The van der Waals surface area contributed by atoms with E-state index in [2.05, 4.69) is 22.6 Å². The van der Waals surface area contributed by atoms with E-state index in [0.717, 1.165) is 15.7 Å². The minimum atomic E-state index is 0.684. The lowest BCUT2D eigenvalue weighted by atomic mass is 10.3. The van der Waals surface area contributed by atoms with E-state index >= 15 is 0 Å². The van der Waals surface area contributed by atoms with Crippen LogP contribution in [0.15, 0.2) is 24.3 Å². The second-order valence-corrected chi connectivity index (χ2v) is 3.58. The summed E-state index contributed by atoms with van der Waals surface area (Å²) in [6.07, 6.45) is 0.908. The molecule has 0 saturated carbocycles. The van der Waals surface area contributed by atoms with Crippen LogP contribution in [0.3, 0.4) is 0 Å². The highest BCUT2D eigenvalue weighted by atomic mass is 127. The van der Waals surface area contributed by atoms with Crippen LogP contribution >= 0.6 is 22.6 Å². The van der Waals surface area contributed by atoms with E-state index < -0.39 is 0 Å². The second kappa shape index (κ2) is 5.37. The molecule has 1 aromatic carbocycles. The molecule has 0 aromatic heterocycles. The number of halogens is 1. The van der Waals surface area contributed by atoms with Crippen molar-refractivity contribution in [1.29, 1.82) is 0 Å². The molecule has 0 bridgehead atoms. The summed E-state index contributed by atoms with van der Waals surface area (Å²) in [7, 11) is 0. The van der Waals surface area contributed by atoms with Gasteiger partial charge in [0.1, 0.15) is 5.75 Å². The molecule has 0 fully saturated rings. The molecule has 1 rings (SSSR count). The van der Waals surface area contributed by atoms with Crippen LogP contribution in [-0.2, 0) is 0 Å². The molecule has 0 aliphatic heterocycles. The van der Waals surface area contributed by atoms with Gasteiger partial charge < -0.3 is 10.5 Å². The molecule has 0 spiro atoms. The van der Waals surface area contributed by atoms with E-state index in [4.69, 9.17) is 10.5 Å². The molecule has 66 valence electrons. The molecule has 0 atom stereocenters. The van der Waals surface area contributed by atoms with E-state index in [9.17, 15) is 0 Å². The Bertz CT molecular complexity index is 240. The van der Waals surface area contributed by atoms with Crippen LogP contribution in [0.5, 0.6) is 5.75 Å². The van der Waals surface area contributed by atoms with Crippen molar-refractivity contribution in [2.45, 2.75) is 6.42 Å². The van der Waals surface area contributed by atoms with Gasteiger partial charge in [-0.25, -0.2) is 0 Å². The Morgan fingerprint density at radius 3 is 2.75 bits per heavy atom. The van der Waals surface area contributed by atoms with E-state index in [0.29, 0.717) is 13.2 Å². The first-order valence-corrected chi connectivity index (χ1v) is 5.00. The summed E-state index contributed by atoms with van der Waals surface area (Å²) in [5, 5.41) is 0. The van der Waals surface area contributed by atoms with Crippen molar-refractivity contribution >= 4 is 22.6 Å². The summed E-state index contributed by atoms with van der Waals surface area (Å²) < 4.78 is 6.64. The highest BCUT2D eigenvalue weighted by Gasteiger charge is 1.96. The topological polar surface area (TPSA) is 35.2 Å². The van der Waals surface area contributed by atoms with Crippen LogP contribution in [0.1, 0.15) is 6.42 Å². The first-order chi connectivity index (χ1) is 5.84. The quantitative estimate of drug-likeness (QED) is 0.675. The standard InChI is InChI=1S/C9H12INO/c10-8-4-1-2-5-9(8)12-7-3-6-11/h1-2,4-5H,3,6-7,11H2. The lowest BCUT2D eigenvalue weighted by Gasteiger charge is -2.06. The van der Waals surface area contributed by atoms with Gasteiger partial charge in [0.25, 0.3) is 0 Å². The third-order valence-electron chi connectivity index (χ3n) is 1.44. The number of benzene rings is 1. The zero-order valence-corrected chi connectivity index (χ0v) is 8.95. The van der Waals surface area contributed by atoms with Gasteiger partial charge >= 0.3 is 0 Å². The van der Waals surface area contributed by atoms with E-state index in [-0.39, 0.29) is 0 Å². The molecule has 1 aromatic rings. The SMILES string of the molecule is NCCCOc1ccccc1I. The Morgan fingerprint density at radius 2 is 2.08 bits per heavy atom. The van der Waals surface area contributed by atoms with Gasteiger partial charge in [-0.2, -0.15) is 0 Å². The number of nitrogens with two attached hydrogens (primary N) is 1. The Balaban J connectivity index is 2.46. The van der Waals surface area contributed by atoms with Gasteiger partial charge in [0.05, 0.1) is 10.2 Å². The van der Waals surface area contributed by atoms with Crippen molar-refractivity contribution in [2.24, 2.45) is 5.73 Å². The average molecular weight is 277 g/mol. The van der Waals surface area contributed by atoms with Crippen LogP contribution in [0.2, 0.25) is 0 Å². The first-order valence-electron chi connectivity index (χ1n) is 3.92. The Morgan fingerprint density at radius 1 is 1.33 bits per heavy atom. The van der Waals surface area contributed by atoms with E-state index in [1.165, 1.54) is 0 Å². The number of rotatable bonds is 4. The fourth-order valence-electron chi connectivity index (χ4n) is 0.827. The number of hydrogen-bond acceptors (Lipinski definition) is 2. The minimum absolute atomic E-state index is 0.684.